The van der Waals surface area contributed by atoms with Crippen molar-refractivity contribution < 1.29 is 9.18 Å². The zero-order valence-corrected chi connectivity index (χ0v) is 12.7. The van der Waals surface area contributed by atoms with Gasteiger partial charge in [0.15, 0.2) is 0 Å². The number of halogens is 1. The molecule has 23 heavy (non-hydrogen) atoms. The van der Waals surface area contributed by atoms with Crippen molar-refractivity contribution in [2.24, 2.45) is 0 Å². The maximum absolute atomic E-state index is 12.8. The zero-order valence-electron chi connectivity index (χ0n) is 12.7. The van der Waals surface area contributed by atoms with Crippen molar-refractivity contribution in [1.29, 1.82) is 0 Å². The quantitative estimate of drug-likeness (QED) is 0.753. The van der Waals surface area contributed by atoms with Gasteiger partial charge in [0.05, 0.1) is 12.2 Å². The summed E-state index contributed by atoms with van der Waals surface area (Å²) in [7, 11) is 0. The van der Waals surface area contributed by atoms with Crippen LogP contribution in [0.1, 0.15) is 16.8 Å². The fourth-order valence-electron chi connectivity index (χ4n) is 2.20. The van der Waals surface area contributed by atoms with Crippen LogP contribution in [-0.2, 0) is 11.3 Å². The van der Waals surface area contributed by atoms with Gasteiger partial charge in [0.1, 0.15) is 11.5 Å². The van der Waals surface area contributed by atoms with Gasteiger partial charge < -0.3 is 9.72 Å². The fraction of sp³-hybridized carbons (Fsp3) is 0.111. The number of hydrogen-bond donors (Lipinski definition) is 1. The number of aromatic nitrogens is 2. The first-order valence-electron chi connectivity index (χ1n) is 7.26. The van der Waals surface area contributed by atoms with Crippen molar-refractivity contribution in [3.05, 3.63) is 77.5 Å². The molecule has 3 rings (SSSR count). The highest BCUT2D eigenvalue weighted by molar-refractivity contribution is 5.91. The van der Waals surface area contributed by atoms with Crippen molar-refractivity contribution in [2.45, 2.75) is 13.5 Å². The molecule has 0 aliphatic carbocycles. The second kappa shape index (κ2) is 6.44. The molecule has 4 nitrogen and oxygen atoms in total. The summed E-state index contributed by atoms with van der Waals surface area (Å²) in [6.45, 7) is 2.36. The van der Waals surface area contributed by atoms with Crippen LogP contribution in [-0.4, -0.2) is 15.3 Å². The van der Waals surface area contributed by atoms with Gasteiger partial charge in [-0.05, 0) is 48.4 Å². The smallest absolute Gasteiger partial charge is 0.244 e. The van der Waals surface area contributed by atoms with E-state index in [9.17, 15) is 9.18 Å². The molecule has 0 fully saturated rings. The molecule has 0 unspecified atom stereocenters. The number of benzene rings is 1. The lowest BCUT2D eigenvalue weighted by atomic mass is 10.2. The molecule has 1 N–H and O–H groups in total. The van der Waals surface area contributed by atoms with Gasteiger partial charge in [-0.3, -0.25) is 4.79 Å². The Bertz CT molecular complexity index is 866. The Morgan fingerprint density at radius 1 is 1.30 bits per heavy atom. The van der Waals surface area contributed by atoms with Gasteiger partial charge in [0.2, 0.25) is 5.91 Å². The summed E-state index contributed by atoms with van der Waals surface area (Å²) in [4.78, 5) is 16.3. The second-order valence-electron chi connectivity index (χ2n) is 5.30. The molecule has 5 heteroatoms. The van der Waals surface area contributed by atoms with Crippen LogP contribution >= 0.6 is 0 Å². The maximum atomic E-state index is 12.8. The number of nitrogens with one attached hydrogen (secondary N) is 1. The van der Waals surface area contributed by atoms with Crippen LogP contribution in [0.2, 0.25) is 0 Å². The summed E-state index contributed by atoms with van der Waals surface area (Å²) in [5.41, 5.74) is 3.56. The number of carbonyl (C=O) groups excluding carboxylic acids is 1. The van der Waals surface area contributed by atoms with Crippen LogP contribution in [0, 0.1) is 12.7 Å². The van der Waals surface area contributed by atoms with Crippen molar-refractivity contribution >= 4 is 17.6 Å². The number of imidazole rings is 1. The maximum Gasteiger partial charge on any atom is 0.244 e. The summed E-state index contributed by atoms with van der Waals surface area (Å²) in [5, 5.41) is 2.78. The molecular weight excluding hydrogens is 293 g/mol. The molecule has 0 spiro atoms. The van der Waals surface area contributed by atoms with Crippen LogP contribution in [0.15, 0.2) is 54.9 Å². The topological polar surface area (TPSA) is 46.4 Å². The highest BCUT2D eigenvalue weighted by atomic mass is 19.1. The Kier molecular flexibility index (Phi) is 4.19. The molecule has 0 aliphatic heterocycles. The Balaban J connectivity index is 1.60. The van der Waals surface area contributed by atoms with Gasteiger partial charge in [0, 0.05) is 18.5 Å². The van der Waals surface area contributed by atoms with Crippen molar-refractivity contribution in [3.63, 3.8) is 0 Å². The highest BCUT2D eigenvalue weighted by Crippen LogP contribution is 2.08. The lowest BCUT2D eigenvalue weighted by Gasteiger charge is -1.98. The Morgan fingerprint density at radius 3 is 2.87 bits per heavy atom. The number of fused-ring (bicyclic) bond motifs is 1. The first-order chi connectivity index (χ1) is 11.1. The number of nitrogens with zero attached hydrogens (tertiary/aromatic N) is 2. The molecule has 0 radical (unpaired) electrons. The van der Waals surface area contributed by atoms with Crippen LogP contribution in [0.4, 0.5) is 4.39 Å². The predicted molar refractivity (Wildman–Crippen MR) is 87.2 cm³/mol. The molecule has 0 saturated carbocycles. The van der Waals surface area contributed by atoms with E-state index in [1.54, 1.807) is 18.2 Å². The minimum atomic E-state index is -0.298. The number of pyridine rings is 1. The first-order valence-corrected chi connectivity index (χ1v) is 7.26. The molecule has 1 amide bonds. The van der Waals surface area contributed by atoms with Gasteiger partial charge in [-0.25, -0.2) is 9.37 Å². The lowest BCUT2D eigenvalue weighted by Crippen LogP contribution is -2.20. The number of aryl methyl sites for hydroxylation is 1. The van der Waals surface area contributed by atoms with Gasteiger partial charge in [-0.1, -0.05) is 12.1 Å². The standard InChI is InChI=1S/C18H16FN3O/c1-13-8-9-22-12-16(21-17(22)10-13)11-20-18(23)7-4-14-2-5-15(19)6-3-14/h2-10,12H,11H2,1H3,(H,20,23)/b7-4+. The first kappa shape index (κ1) is 15.0. The molecule has 0 bridgehead atoms. The predicted octanol–water partition coefficient (Wildman–Crippen LogP) is 3.11. The molecule has 0 atom stereocenters. The van der Waals surface area contributed by atoms with E-state index in [2.05, 4.69) is 10.3 Å². The van der Waals surface area contributed by atoms with E-state index in [4.69, 9.17) is 0 Å². The molecule has 116 valence electrons. The van der Waals surface area contributed by atoms with Crippen LogP contribution < -0.4 is 5.32 Å². The summed E-state index contributed by atoms with van der Waals surface area (Å²) in [6, 6.07) is 9.93. The van der Waals surface area contributed by atoms with Crippen LogP contribution in [0.25, 0.3) is 11.7 Å². The van der Waals surface area contributed by atoms with E-state index in [-0.39, 0.29) is 11.7 Å². The second-order valence-corrected chi connectivity index (χ2v) is 5.30. The Morgan fingerprint density at radius 2 is 2.09 bits per heavy atom. The van der Waals surface area contributed by atoms with E-state index in [1.807, 2.05) is 35.9 Å². The SMILES string of the molecule is Cc1ccn2cc(CNC(=O)/C=C/c3ccc(F)cc3)nc2c1. The number of carbonyl (C=O) groups is 1. The monoisotopic (exact) mass is 309 g/mol. The van der Waals surface area contributed by atoms with Gasteiger partial charge in [-0.15, -0.1) is 0 Å². The average Bonchev–Trinajstić information content (AvgIpc) is 2.94. The normalized spacial score (nSPS) is 11.2. The van der Waals surface area contributed by atoms with Crippen LogP contribution in [0.3, 0.4) is 0 Å². The number of amides is 1. The average molecular weight is 309 g/mol. The molecule has 0 aliphatic rings. The summed E-state index contributed by atoms with van der Waals surface area (Å²) in [6.07, 6.45) is 6.89. The van der Waals surface area contributed by atoms with Gasteiger partial charge in [-0.2, -0.15) is 0 Å². The third kappa shape index (κ3) is 3.83. The van der Waals surface area contributed by atoms with E-state index in [0.717, 1.165) is 22.5 Å². The number of hydrogen-bond acceptors (Lipinski definition) is 2. The summed E-state index contributed by atoms with van der Waals surface area (Å²) in [5.74, 6) is -0.517. The molecule has 2 aromatic heterocycles. The van der Waals surface area contributed by atoms with Crippen molar-refractivity contribution in [2.75, 3.05) is 0 Å². The van der Waals surface area contributed by atoms with Gasteiger partial charge in [0.25, 0.3) is 0 Å². The summed E-state index contributed by atoms with van der Waals surface area (Å²) < 4.78 is 14.7. The minimum absolute atomic E-state index is 0.220. The molecule has 2 heterocycles. The van der Waals surface area contributed by atoms with Gasteiger partial charge >= 0.3 is 0 Å². The molecular formula is C18H16FN3O. The van der Waals surface area contributed by atoms with E-state index in [0.29, 0.717) is 6.54 Å². The van der Waals surface area contributed by atoms with Crippen LogP contribution in [0.5, 0.6) is 0 Å². The third-order valence-corrected chi connectivity index (χ3v) is 3.41. The lowest BCUT2D eigenvalue weighted by molar-refractivity contribution is -0.116. The van der Waals surface area contributed by atoms with Crippen molar-refractivity contribution in [1.82, 2.24) is 14.7 Å². The zero-order chi connectivity index (χ0) is 16.2. The van der Waals surface area contributed by atoms with E-state index >= 15 is 0 Å². The van der Waals surface area contributed by atoms with Crippen molar-refractivity contribution in [3.8, 4) is 0 Å². The molecule has 0 saturated heterocycles. The highest BCUT2D eigenvalue weighted by Gasteiger charge is 2.03. The third-order valence-electron chi connectivity index (χ3n) is 3.41. The Hall–Kier alpha value is -2.95. The summed E-state index contributed by atoms with van der Waals surface area (Å²) >= 11 is 0. The Labute approximate surface area is 133 Å². The largest absolute Gasteiger partial charge is 0.347 e. The minimum Gasteiger partial charge on any atom is -0.347 e. The fourth-order valence-corrected chi connectivity index (χ4v) is 2.20. The molecule has 3 aromatic rings. The van der Waals surface area contributed by atoms with E-state index < -0.39 is 0 Å². The molecule has 1 aromatic carbocycles. The van der Waals surface area contributed by atoms with E-state index in [1.165, 1.54) is 18.2 Å². The number of rotatable bonds is 4.